The topological polar surface area (TPSA) is 66.5 Å². The fraction of sp³-hybridized carbons (Fsp3) is 0.769. The van der Waals surface area contributed by atoms with Crippen LogP contribution in [-0.2, 0) is 13.0 Å². The zero-order valence-electron chi connectivity index (χ0n) is 11.6. The quantitative estimate of drug-likeness (QED) is 0.835. The Hall–Kier alpha value is -1.06. The highest BCUT2D eigenvalue weighted by atomic mass is 32.2. The molecule has 19 heavy (non-hydrogen) atoms. The number of nitrogens with zero attached hydrogens (tertiary/aromatic N) is 4. The molecule has 1 atom stereocenters. The molecule has 1 N–H and O–H groups in total. The van der Waals surface area contributed by atoms with Gasteiger partial charge in [0.05, 0.1) is 6.07 Å². The average molecular weight is 279 g/mol. The first-order chi connectivity index (χ1) is 9.20. The molecule has 6 heteroatoms. The minimum atomic E-state index is -0.135. The summed E-state index contributed by atoms with van der Waals surface area (Å²) in [7, 11) is 0. The van der Waals surface area contributed by atoms with Gasteiger partial charge in [0.1, 0.15) is 11.9 Å². The predicted molar refractivity (Wildman–Crippen MR) is 76.0 cm³/mol. The molecule has 1 aliphatic rings. The number of rotatable bonds is 5. The number of nitriles is 1. The Balaban J connectivity index is 1.96. The number of hydrogen-bond donors (Lipinski definition) is 1. The number of aromatic nitrogens is 3. The second-order valence-corrected chi connectivity index (χ2v) is 6.16. The van der Waals surface area contributed by atoms with Gasteiger partial charge in [-0.25, -0.2) is 0 Å². The Morgan fingerprint density at radius 3 is 2.95 bits per heavy atom. The molecule has 1 aromatic rings. The van der Waals surface area contributed by atoms with Crippen molar-refractivity contribution in [3.8, 4) is 6.07 Å². The molecule has 0 radical (unpaired) electrons. The zero-order chi connectivity index (χ0) is 13.7. The van der Waals surface area contributed by atoms with E-state index in [1.807, 2.05) is 0 Å². The van der Waals surface area contributed by atoms with Crippen LogP contribution in [0.5, 0.6) is 0 Å². The van der Waals surface area contributed by atoms with E-state index < -0.39 is 0 Å². The highest BCUT2D eigenvalue weighted by Crippen LogP contribution is 2.22. The first-order valence-corrected chi connectivity index (χ1v) is 7.90. The molecule has 0 saturated carbocycles. The summed E-state index contributed by atoms with van der Waals surface area (Å²) >= 11 is 1.63. The van der Waals surface area contributed by atoms with Crippen molar-refractivity contribution in [2.24, 2.45) is 0 Å². The lowest BCUT2D eigenvalue weighted by atomic mass is 10.2. The van der Waals surface area contributed by atoms with E-state index in [2.05, 4.69) is 40.0 Å². The van der Waals surface area contributed by atoms with Crippen molar-refractivity contribution in [3.05, 3.63) is 5.82 Å². The van der Waals surface area contributed by atoms with Crippen LogP contribution >= 0.6 is 11.8 Å². The number of hydrogen-bond acceptors (Lipinski definition) is 5. The van der Waals surface area contributed by atoms with Crippen molar-refractivity contribution >= 4 is 11.8 Å². The SMILES string of the molecule is CC(C)NC(C#N)CSc1nnc2n1CCCCC2. The maximum absolute atomic E-state index is 9.12. The van der Waals surface area contributed by atoms with Crippen LogP contribution in [0.4, 0.5) is 0 Å². The number of thioether (sulfide) groups is 1. The lowest BCUT2D eigenvalue weighted by Gasteiger charge is -2.14. The number of nitrogens with one attached hydrogen (secondary N) is 1. The van der Waals surface area contributed by atoms with Gasteiger partial charge in [-0.1, -0.05) is 18.2 Å². The van der Waals surface area contributed by atoms with Crippen LogP contribution in [0, 0.1) is 11.3 Å². The maximum atomic E-state index is 9.12. The van der Waals surface area contributed by atoms with Gasteiger partial charge in [-0.2, -0.15) is 5.26 Å². The molecular formula is C13H21N5S. The van der Waals surface area contributed by atoms with Gasteiger partial charge in [0, 0.05) is 24.8 Å². The van der Waals surface area contributed by atoms with Crippen LogP contribution in [0.15, 0.2) is 5.16 Å². The molecule has 2 rings (SSSR count). The predicted octanol–water partition coefficient (Wildman–Crippen LogP) is 1.99. The van der Waals surface area contributed by atoms with E-state index in [9.17, 15) is 0 Å². The van der Waals surface area contributed by atoms with Gasteiger partial charge in [-0.05, 0) is 26.7 Å². The molecule has 0 saturated heterocycles. The molecule has 104 valence electrons. The number of aryl methyl sites for hydroxylation is 1. The van der Waals surface area contributed by atoms with E-state index in [4.69, 9.17) is 5.26 Å². The van der Waals surface area contributed by atoms with Gasteiger partial charge in [-0.15, -0.1) is 10.2 Å². The highest BCUT2D eigenvalue weighted by Gasteiger charge is 2.17. The van der Waals surface area contributed by atoms with Gasteiger partial charge < -0.3 is 4.57 Å². The molecule has 0 bridgehead atoms. The van der Waals surface area contributed by atoms with Crippen LogP contribution in [0.3, 0.4) is 0 Å². The van der Waals surface area contributed by atoms with Crippen molar-refractivity contribution in [3.63, 3.8) is 0 Å². The molecule has 5 nitrogen and oxygen atoms in total. The summed E-state index contributed by atoms with van der Waals surface area (Å²) in [4.78, 5) is 0. The molecule has 1 unspecified atom stereocenters. The van der Waals surface area contributed by atoms with Crippen molar-refractivity contribution in [1.82, 2.24) is 20.1 Å². The summed E-state index contributed by atoms with van der Waals surface area (Å²) in [5, 5.41) is 21.9. The van der Waals surface area contributed by atoms with Crippen LogP contribution in [-0.4, -0.2) is 32.6 Å². The number of fused-ring (bicyclic) bond motifs is 1. The van der Waals surface area contributed by atoms with Gasteiger partial charge >= 0.3 is 0 Å². The molecule has 0 spiro atoms. The van der Waals surface area contributed by atoms with Crippen LogP contribution in [0.1, 0.15) is 38.9 Å². The Morgan fingerprint density at radius 2 is 2.21 bits per heavy atom. The smallest absolute Gasteiger partial charge is 0.191 e. The van der Waals surface area contributed by atoms with Gasteiger partial charge in [-0.3, -0.25) is 5.32 Å². The van der Waals surface area contributed by atoms with Gasteiger partial charge in [0.15, 0.2) is 5.16 Å². The summed E-state index contributed by atoms with van der Waals surface area (Å²) in [5.74, 6) is 1.82. The summed E-state index contributed by atoms with van der Waals surface area (Å²) in [5.41, 5.74) is 0. The van der Waals surface area contributed by atoms with Gasteiger partial charge in [0.2, 0.25) is 0 Å². The first kappa shape index (κ1) is 14.4. The molecule has 1 aromatic heterocycles. The van der Waals surface area contributed by atoms with Crippen molar-refractivity contribution < 1.29 is 0 Å². The highest BCUT2D eigenvalue weighted by molar-refractivity contribution is 7.99. The molecule has 0 aliphatic carbocycles. The standard InChI is InChI=1S/C13H21N5S/c1-10(2)15-11(8-14)9-19-13-17-16-12-6-4-3-5-7-18(12)13/h10-11,15H,3-7,9H2,1-2H3. The third-order valence-electron chi connectivity index (χ3n) is 3.15. The minimum Gasteiger partial charge on any atom is -0.306 e. The van der Waals surface area contributed by atoms with E-state index >= 15 is 0 Å². The van der Waals surface area contributed by atoms with Crippen LogP contribution in [0.2, 0.25) is 0 Å². The summed E-state index contributed by atoms with van der Waals surface area (Å²) in [6.45, 7) is 5.12. The van der Waals surface area contributed by atoms with Gasteiger partial charge in [0.25, 0.3) is 0 Å². The van der Waals surface area contributed by atoms with Crippen LogP contribution < -0.4 is 5.32 Å². The normalized spacial score (nSPS) is 16.7. The Morgan fingerprint density at radius 1 is 1.37 bits per heavy atom. The molecule has 0 aromatic carbocycles. The largest absolute Gasteiger partial charge is 0.306 e. The lowest BCUT2D eigenvalue weighted by Crippen LogP contribution is -2.35. The molecule has 0 fully saturated rings. The molecular weight excluding hydrogens is 258 g/mol. The van der Waals surface area contributed by atoms with E-state index in [0.717, 1.165) is 23.9 Å². The third kappa shape index (κ3) is 3.95. The fourth-order valence-electron chi connectivity index (χ4n) is 2.25. The van der Waals surface area contributed by atoms with E-state index in [0.29, 0.717) is 11.8 Å². The first-order valence-electron chi connectivity index (χ1n) is 6.91. The Bertz CT molecular complexity index is 448. The van der Waals surface area contributed by atoms with Crippen molar-refractivity contribution in [2.45, 2.75) is 63.3 Å². The average Bonchev–Trinajstić information content (AvgIpc) is 2.61. The Kier molecular flexibility index (Phi) is 5.23. The summed E-state index contributed by atoms with van der Waals surface area (Å²) in [6, 6.07) is 2.48. The fourth-order valence-corrected chi connectivity index (χ4v) is 3.19. The molecule has 2 heterocycles. The van der Waals surface area contributed by atoms with Crippen molar-refractivity contribution in [2.75, 3.05) is 5.75 Å². The second-order valence-electron chi connectivity index (χ2n) is 5.18. The van der Waals surface area contributed by atoms with E-state index in [1.165, 1.54) is 19.3 Å². The minimum absolute atomic E-state index is 0.135. The Labute approximate surface area is 118 Å². The van der Waals surface area contributed by atoms with Crippen LogP contribution in [0.25, 0.3) is 0 Å². The summed E-state index contributed by atoms with van der Waals surface area (Å²) in [6.07, 6.45) is 4.70. The second kappa shape index (κ2) is 6.92. The summed E-state index contributed by atoms with van der Waals surface area (Å²) < 4.78 is 2.22. The van der Waals surface area contributed by atoms with Crippen molar-refractivity contribution in [1.29, 1.82) is 5.26 Å². The molecule has 1 aliphatic heterocycles. The third-order valence-corrected chi connectivity index (χ3v) is 4.21. The van der Waals surface area contributed by atoms with E-state index in [-0.39, 0.29) is 6.04 Å². The molecule has 0 amide bonds. The monoisotopic (exact) mass is 279 g/mol. The lowest BCUT2D eigenvalue weighted by molar-refractivity contribution is 0.558. The van der Waals surface area contributed by atoms with E-state index in [1.54, 1.807) is 11.8 Å². The zero-order valence-corrected chi connectivity index (χ0v) is 12.4. The maximum Gasteiger partial charge on any atom is 0.191 e.